The van der Waals surface area contributed by atoms with Gasteiger partial charge in [0.15, 0.2) is 0 Å². The molecule has 0 heterocycles. The SMILES string of the molecule is OC(c1ccc(C(F)(F)F)cc1F)C(Cl)(Cl)Cl. The van der Waals surface area contributed by atoms with Crippen LogP contribution < -0.4 is 0 Å². The predicted molar refractivity (Wildman–Crippen MR) is 56.7 cm³/mol. The van der Waals surface area contributed by atoms with Crippen LogP contribution in [0.2, 0.25) is 0 Å². The average molecular weight is 311 g/mol. The van der Waals surface area contributed by atoms with E-state index in [9.17, 15) is 22.7 Å². The molecule has 0 fully saturated rings. The summed E-state index contributed by atoms with van der Waals surface area (Å²) in [5, 5.41) is 9.41. The normalized spacial score (nSPS) is 14.8. The number of hydrogen-bond donors (Lipinski definition) is 1. The highest BCUT2D eigenvalue weighted by atomic mass is 35.6. The molecule has 1 N–H and O–H groups in total. The fraction of sp³-hybridized carbons (Fsp3) is 0.333. The number of hydrogen-bond acceptors (Lipinski definition) is 1. The molecule has 1 aromatic carbocycles. The Kier molecular flexibility index (Phi) is 4.19. The van der Waals surface area contributed by atoms with Crippen molar-refractivity contribution in [3.8, 4) is 0 Å². The largest absolute Gasteiger partial charge is 0.416 e. The molecule has 0 aromatic heterocycles. The second kappa shape index (κ2) is 4.80. The summed E-state index contributed by atoms with van der Waals surface area (Å²) in [6.45, 7) is 0. The van der Waals surface area contributed by atoms with Gasteiger partial charge < -0.3 is 5.11 Å². The van der Waals surface area contributed by atoms with Gasteiger partial charge in [-0.25, -0.2) is 4.39 Å². The van der Waals surface area contributed by atoms with E-state index in [0.717, 1.165) is 6.07 Å². The third-order valence-electron chi connectivity index (χ3n) is 1.93. The van der Waals surface area contributed by atoms with Gasteiger partial charge in [-0.05, 0) is 12.1 Å². The molecule has 0 spiro atoms. The molecule has 1 atom stereocenters. The lowest BCUT2D eigenvalue weighted by molar-refractivity contribution is -0.137. The van der Waals surface area contributed by atoms with E-state index in [0.29, 0.717) is 6.07 Å². The molecular weight excluding hydrogens is 306 g/mol. The molecule has 1 aromatic rings. The number of aliphatic hydroxyl groups is 1. The van der Waals surface area contributed by atoms with E-state index in [1.54, 1.807) is 0 Å². The maximum atomic E-state index is 13.3. The van der Waals surface area contributed by atoms with Crippen molar-refractivity contribution < 1.29 is 22.7 Å². The summed E-state index contributed by atoms with van der Waals surface area (Å²) in [5.74, 6) is -1.29. The van der Waals surface area contributed by atoms with Crippen molar-refractivity contribution in [2.24, 2.45) is 0 Å². The summed E-state index contributed by atoms with van der Waals surface area (Å²) >= 11 is 15.9. The maximum Gasteiger partial charge on any atom is 0.416 e. The first kappa shape index (κ1) is 14.8. The van der Waals surface area contributed by atoms with Crippen LogP contribution in [-0.2, 0) is 6.18 Å². The fourth-order valence-corrected chi connectivity index (χ4v) is 1.45. The van der Waals surface area contributed by atoms with Gasteiger partial charge in [0.05, 0.1) is 5.56 Å². The molecule has 1 rings (SSSR count). The number of alkyl halides is 6. The molecule has 0 saturated carbocycles. The molecule has 0 aliphatic heterocycles. The molecule has 0 amide bonds. The summed E-state index contributed by atoms with van der Waals surface area (Å²) in [4.78, 5) is 0. The highest BCUT2D eigenvalue weighted by Crippen LogP contribution is 2.41. The molecule has 0 saturated heterocycles. The first-order chi connectivity index (χ1) is 7.53. The summed E-state index contributed by atoms with van der Waals surface area (Å²) < 4.78 is 47.8. The van der Waals surface area contributed by atoms with Gasteiger partial charge in [-0.1, -0.05) is 40.9 Å². The van der Waals surface area contributed by atoms with E-state index >= 15 is 0 Å². The highest BCUT2D eigenvalue weighted by molar-refractivity contribution is 6.68. The first-order valence-corrected chi connectivity index (χ1v) is 5.28. The number of halogens is 7. The molecule has 1 unspecified atom stereocenters. The molecule has 8 heteroatoms. The summed E-state index contributed by atoms with van der Waals surface area (Å²) in [7, 11) is 0. The van der Waals surface area contributed by atoms with Crippen LogP contribution in [0.25, 0.3) is 0 Å². The number of rotatable bonds is 1. The monoisotopic (exact) mass is 310 g/mol. The zero-order chi connectivity index (χ0) is 13.4. The Morgan fingerprint density at radius 1 is 1.12 bits per heavy atom. The van der Waals surface area contributed by atoms with Gasteiger partial charge in [0.25, 0.3) is 0 Å². The number of aliphatic hydroxyl groups excluding tert-OH is 1. The van der Waals surface area contributed by atoms with Crippen molar-refractivity contribution in [3.63, 3.8) is 0 Å². The van der Waals surface area contributed by atoms with E-state index in [4.69, 9.17) is 34.8 Å². The van der Waals surface area contributed by atoms with Crippen molar-refractivity contribution in [1.29, 1.82) is 0 Å². The maximum absolute atomic E-state index is 13.3. The minimum atomic E-state index is -4.68. The molecule has 96 valence electrons. The zero-order valence-corrected chi connectivity index (χ0v) is 10.2. The van der Waals surface area contributed by atoms with Crippen LogP contribution in [0.5, 0.6) is 0 Å². The third kappa shape index (κ3) is 3.61. The van der Waals surface area contributed by atoms with E-state index in [1.807, 2.05) is 0 Å². The molecule has 0 bridgehead atoms. The highest BCUT2D eigenvalue weighted by Gasteiger charge is 2.36. The van der Waals surface area contributed by atoms with Crippen molar-refractivity contribution in [2.75, 3.05) is 0 Å². The Balaban J connectivity index is 3.15. The van der Waals surface area contributed by atoms with Gasteiger partial charge in [-0.15, -0.1) is 0 Å². The Labute approximate surface area is 109 Å². The quantitative estimate of drug-likeness (QED) is 0.607. The topological polar surface area (TPSA) is 20.2 Å². The summed E-state index contributed by atoms with van der Waals surface area (Å²) in [5.41, 5.74) is -1.70. The molecular formula is C9H5Cl3F4O. The lowest BCUT2D eigenvalue weighted by Crippen LogP contribution is -2.18. The summed E-state index contributed by atoms with van der Waals surface area (Å²) in [6.07, 6.45) is -6.53. The Morgan fingerprint density at radius 2 is 1.65 bits per heavy atom. The predicted octanol–water partition coefficient (Wildman–Crippen LogP) is 4.25. The van der Waals surface area contributed by atoms with Crippen molar-refractivity contribution >= 4 is 34.8 Å². The van der Waals surface area contributed by atoms with Crippen LogP contribution in [0, 0.1) is 5.82 Å². The van der Waals surface area contributed by atoms with Crippen LogP contribution >= 0.6 is 34.8 Å². The van der Waals surface area contributed by atoms with Crippen LogP contribution in [0.15, 0.2) is 18.2 Å². The minimum Gasteiger partial charge on any atom is -0.384 e. The van der Waals surface area contributed by atoms with Gasteiger partial charge in [-0.3, -0.25) is 0 Å². The van der Waals surface area contributed by atoms with E-state index in [1.165, 1.54) is 0 Å². The van der Waals surface area contributed by atoms with Crippen LogP contribution in [0.4, 0.5) is 17.6 Å². The van der Waals surface area contributed by atoms with Crippen LogP contribution in [0.3, 0.4) is 0 Å². The second-order valence-electron chi connectivity index (χ2n) is 3.18. The van der Waals surface area contributed by atoms with Crippen LogP contribution in [0.1, 0.15) is 17.2 Å². The van der Waals surface area contributed by atoms with Gasteiger partial charge in [0.1, 0.15) is 11.9 Å². The lowest BCUT2D eigenvalue weighted by Gasteiger charge is -2.20. The minimum absolute atomic E-state index is 0.231. The Morgan fingerprint density at radius 3 is 2.00 bits per heavy atom. The lowest BCUT2D eigenvalue weighted by atomic mass is 10.1. The summed E-state index contributed by atoms with van der Waals surface area (Å²) in [6, 6.07) is 1.55. The number of benzene rings is 1. The van der Waals surface area contributed by atoms with Gasteiger partial charge in [-0.2, -0.15) is 13.2 Å². The molecule has 0 aliphatic carbocycles. The third-order valence-corrected chi connectivity index (χ3v) is 2.55. The molecule has 1 nitrogen and oxygen atoms in total. The standard InChI is InChI=1S/C9H5Cl3F4O/c10-8(11,12)7(17)5-2-1-4(3-6(5)13)9(14,15)16/h1-3,7,17H. The fourth-order valence-electron chi connectivity index (χ4n) is 1.10. The zero-order valence-electron chi connectivity index (χ0n) is 7.90. The van der Waals surface area contributed by atoms with Crippen LogP contribution in [-0.4, -0.2) is 8.90 Å². The smallest absolute Gasteiger partial charge is 0.384 e. The van der Waals surface area contributed by atoms with Crippen molar-refractivity contribution in [3.05, 3.63) is 35.1 Å². The average Bonchev–Trinajstić information content (AvgIpc) is 2.13. The van der Waals surface area contributed by atoms with Gasteiger partial charge in [0, 0.05) is 5.56 Å². The second-order valence-corrected chi connectivity index (χ2v) is 5.55. The molecule has 17 heavy (non-hydrogen) atoms. The van der Waals surface area contributed by atoms with E-state index in [-0.39, 0.29) is 6.07 Å². The Hall–Kier alpha value is -0.230. The van der Waals surface area contributed by atoms with E-state index in [2.05, 4.69) is 0 Å². The first-order valence-electron chi connectivity index (χ1n) is 4.15. The van der Waals surface area contributed by atoms with Gasteiger partial charge in [0.2, 0.25) is 3.79 Å². The van der Waals surface area contributed by atoms with Crippen molar-refractivity contribution in [2.45, 2.75) is 16.1 Å². The molecule has 0 radical (unpaired) electrons. The van der Waals surface area contributed by atoms with E-state index < -0.39 is 33.0 Å². The van der Waals surface area contributed by atoms with Crippen molar-refractivity contribution in [1.82, 2.24) is 0 Å². The molecule has 0 aliphatic rings. The van der Waals surface area contributed by atoms with Gasteiger partial charge >= 0.3 is 6.18 Å². The Bertz CT molecular complexity index is 414.